The number of nitrogens with zero attached hydrogens (tertiary/aromatic N) is 1. The standard InChI is InChI=1S/C23H18FNO4/c24-14-7-5-13(6-8-14)21(26)20-17-16-11-28-23(29-16)22(27)18(17)19-15-4-2-1-3-12(15)9-10-25(19)20/h1-10,16-20,23H,11H2/t16-,17-,18+,19-,20+,23+/m0/s1. The van der Waals surface area contributed by atoms with E-state index in [9.17, 15) is 14.0 Å². The van der Waals surface area contributed by atoms with Crippen molar-refractivity contribution in [1.82, 2.24) is 4.90 Å². The summed E-state index contributed by atoms with van der Waals surface area (Å²) >= 11 is 0. The van der Waals surface area contributed by atoms with Crippen molar-refractivity contribution in [3.05, 3.63) is 77.2 Å². The number of hydrogen-bond donors (Lipinski definition) is 0. The summed E-state index contributed by atoms with van der Waals surface area (Å²) in [6, 6.07) is 12.7. The predicted molar refractivity (Wildman–Crippen MR) is 101 cm³/mol. The number of halogens is 1. The van der Waals surface area contributed by atoms with Gasteiger partial charge in [0.05, 0.1) is 30.7 Å². The molecule has 29 heavy (non-hydrogen) atoms. The molecule has 3 fully saturated rings. The molecule has 6 rings (SSSR count). The highest BCUT2D eigenvalue weighted by Crippen LogP contribution is 2.54. The SMILES string of the molecule is O=C1[C@@H]2OC[C@H](O2)[C@H]2[C@@H]1[C@@H]1c3ccccc3C=CN1[C@H]2C(=O)c1ccc(F)cc1. The highest BCUT2D eigenvalue weighted by atomic mass is 19.1. The van der Waals surface area contributed by atoms with Crippen molar-refractivity contribution < 1.29 is 23.5 Å². The predicted octanol–water partition coefficient (Wildman–Crippen LogP) is 2.97. The molecule has 0 unspecified atom stereocenters. The largest absolute Gasteiger partial charge is 0.359 e. The second-order valence-electron chi connectivity index (χ2n) is 8.00. The van der Waals surface area contributed by atoms with Gasteiger partial charge in [0.25, 0.3) is 0 Å². The molecular weight excluding hydrogens is 373 g/mol. The number of carbonyl (C=O) groups excluding carboxylic acids is 2. The van der Waals surface area contributed by atoms with E-state index in [1.165, 1.54) is 24.3 Å². The average molecular weight is 391 g/mol. The Morgan fingerprint density at radius 2 is 1.90 bits per heavy atom. The molecule has 0 N–H and O–H groups in total. The zero-order chi connectivity index (χ0) is 19.7. The lowest BCUT2D eigenvalue weighted by Crippen LogP contribution is -2.48. The van der Waals surface area contributed by atoms with Crippen LogP contribution in [0.4, 0.5) is 4.39 Å². The summed E-state index contributed by atoms with van der Waals surface area (Å²) in [6.45, 7) is 0.302. The Balaban J connectivity index is 1.50. The number of ether oxygens (including phenoxy) is 2. The molecule has 0 spiro atoms. The Bertz CT molecular complexity index is 1050. The maximum Gasteiger partial charge on any atom is 0.218 e. The lowest BCUT2D eigenvalue weighted by molar-refractivity contribution is -0.164. The molecule has 0 radical (unpaired) electrons. The second-order valence-corrected chi connectivity index (χ2v) is 8.00. The van der Waals surface area contributed by atoms with Gasteiger partial charge >= 0.3 is 0 Å². The molecule has 4 aliphatic heterocycles. The molecule has 3 saturated heterocycles. The first-order valence-corrected chi connectivity index (χ1v) is 9.78. The van der Waals surface area contributed by atoms with E-state index in [1.807, 2.05) is 41.4 Å². The van der Waals surface area contributed by atoms with Crippen molar-refractivity contribution in [2.45, 2.75) is 24.5 Å². The summed E-state index contributed by atoms with van der Waals surface area (Å²) in [5, 5.41) is 0. The van der Waals surface area contributed by atoms with Gasteiger partial charge in [-0.05, 0) is 41.5 Å². The minimum atomic E-state index is -0.846. The summed E-state index contributed by atoms with van der Waals surface area (Å²) in [4.78, 5) is 28.8. The van der Waals surface area contributed by atoms with Gasteiger partial charge < -0.3 is 14.4 Å². The molecule has 2 aromatic rings. The summed E-state index contributed by atoms with van der Waals surface area (Å²) in [5.41, 5.74) is 2.51. The molecule has 6 atom stereocenters. The van der Waals surface area contributed by atoms with E-state index >= 15 is 0 Å². The molecule has 6 heteroatoms. The van der Waals surface area contributed by atoms with Gasteiger partial charge in [0.1, 0.15) is 5.82 Å². The number of carbonyl (C=O) groups is 2. The maximum absolute atomic E-state index is 13.6. The summed E-state index contributed by atoms with van der Waals surface area (Å²) < 4.78 is 24.8. The number of Topliss-reactive ketones (excluding diaryl/α,β-unsaturated/α-hetero) is 2. The van der Waals surface area contributed by atoms with Crippen LogP contribution in [0, 0.1) is 17.7 Å². The number of ketones is 2. The highest BCUT2D eigenvalue weighted by molar-refractivity contribution is 6.02. The Hall–Kier alpha value is -2.83. The van der Waals surface area contributed by atoms with Crippen LogP contribution in [-0.2, 0) is 14.3 Å². The van der Waals surface area contributed by atoms with Crippen molar-refractivity contribution in [3.8, 4) is 0 Å². The van der Waals surface area contributed by atoms with Crippen molar-refractivity contribution in [2.75, 3.05) is 6.61 Å². The Labute approximate surface area is 166 Å². The average Bonchev–Trinajstić information content (AvgIpc) is 3.33. The van der Waals surface area contributed by atoms with Crippen LogP contribution >= 0.6 is 0 Å². The quantitative estimate of drug-likeness (QED) is 0.737. The maximum atomic E-state index is 13.6. The van der Waals surface area contributed by atoms with E-state index in [4.69, 9.17) is 9.47 Å². The first-order valence-electron chi connectivity index (χ1n) is 9.78. The van der Waals surface area contributed by atoms with Gasteiger partial charge in [0.2, 0.25) is 6.29 Å². The number of rotatable bonds is 2. The van der Waals surface area contributed by atoms with E-state index in [0.717, 1.165) is 11.1 Å². The van der Waals surface area contributed by atoms with Crippen LogP contribution in [0.25, 0.3) is 6.08 Å². The van der Waals surface area contributed by atoms with Crippen molar-refractivity contribution >= 4 is 17.6 Å². The minimum Gasteiger partial charge on any atom is -0.359 e. The summed E-state index contributed by atoms with van der Waals surface area (Å²) in [5.74, 6) is -1.33. The van der Waals surface area contributed by atoms with Crippen molar-refractivity contribution in [1.29, 1.82) is 0 Å². The van der Waals surface area contributed by atoms with Crippen LogP contribution in [0.2, 0.25) is 0 Å². The third kappa shape index (κ3) is 2.33. The summed E-state index contributed by atoms with van der Waals surface area (Å²) in [6.07, 6.45) is 2.73. The Kier molecular flexibility index (Phi) is 3.58. The molecule has 0 aromatic heterocycles. The summed E-state index contributed by atoms with van der Waals surface area (Å²) in [7, 11) is 0. The van der Waals surface area contributed by atoms with Crippen molar-refractivity contribution in [3.63, 3.8) is 0 Å². The molecule has 0 aliphatic carbocycles. The van der Waals surface area contributed by atoms with Crippen LogP contribution in [0.1, 0.15) is 27.5 Å². The van der Waals surface area contributed by atoms with Gasteiger partial charge in [0.15, 0.2) is 11.6 Å². The minimum absolute atomic E-state index is 0.0988. The molecule has 4 aliphatic rings. The fourth-order valence-corrected chi connectivity index (χ4v) is 5.40. The van der Waals surface area contributed by atoms with Crippen LogP contribution in [-0.4, -0.2) is 41.5 Å². The molecular formula is C23H18FNO4. The van der Waals surface area contributed by atoms with Crippen molar-refractivity contribution in [2.24, 2.45) is 11.8 Å². The topological polar surface area (TPSA) is 55.8 Å². The fraction of sp³-hybridized carbons (Fsp3) is 0.304. The van der Waals surface area contributed by atoms with Gasteiger partial charge in [0, 0.05) is 17.7 Å². The van der Waals surface area contributed by atoms with E-state index in [-0.39, 0.29) is 35.5 Å². The smallest absolute Gasteiger partial charge is 0.218 e. The zero-order valence-corrected chi connectivity index (χ0v) is 15.4. The van der Waals surface area contributed by atoms with Gasteiger partial charge in [-0.1, -0.05) is 24.3 Å². The van der Waals surface area contributed by atoms with E-state index in [0.29, 0.717) is 12.2 Å². The van der Waals surface area contributed by atoms with Crippen LogP contribution in [0.5, 0.6) is 0 Å². The van der Waals surface area contributed by atoms with Gasteiger partial charge in [-0.2, -0.15) is 0 Å². The van der Waals surface area contributed by atoms with E-state index in [1.54, 1.807) is 0 Å². The van der Waals surface area contributed by atoms with E-state index < -0.39 is 18.1 Å². The molecule has 5 nitrogen and oxygen atoms in total. The second kappa shape index (κ2) is 6.08. The Morgan fingerprint density at radius 3 is 2.72 bits per heavy atom. The number of fused-ring (bicyclic) bond motifs is 8. The molecule has 0 saturated carbocycles. The van der Waals surface area contributed by atoms with E-state index in [2.05, 4.69) is 0 Å². The Morgan fingerprint density at radius 1 is 1.10 bits per heavy atom. The number of hydrogen-bond acceptors (Lipinski definition) is 5. The van der Waals surface area contributed by atoms with Crippen LogP contribution < -0.4 is 0 Å². The van der Waals surface area contributed by atoms with Crippen LogP contribution in [0.3, 0.4) is 0 Å². The third-order valence-electron chi connectivity index (χ3n) is 6.60. The van der Waals surface area contributed by atoms with Gasteiger partial charge in [-0.25, -0.2) is 4.39 Å². The zero-order valence-electron chi connectivity index (χ0n) is 15.4. The molecule has 4 heterocycles. The lowest BCUT2D eigenvalue weighted by Gasteiger charge is -2.34. The lowest BCUT2D eigenvalue weighted by atomic mass is 9.75. The molecule has 146 valence electrons. The monoisotopic (exact) mass is 391 g/mol. The highest BCUT2D eigenvalue weighted by Gasteiger charge is 2.63. The van der Waals surface area contributed by atoms with Gasteiger partial charge in [-0.15, -0.1) is 0 Å². The fourth-order valence-electron chi connectivity index (χ4n) is 5.40. The molecule has 0 amide bonds. The van der Waals surface area contributed by atoms with Gasteiger partial charge in [-0.3, -0.25) is 9.59 Å². The molecule has 2 aromatic carbocycles. The van der Waals surface area contributed by atoms with Crippen LogP contribution in [0.15, 0.2) is 54.7 Å². The number of benzene rings is 2. The molecule has 2 bridgehead atoms. The first-order chi connectivity index (χ1) is 14.1. The first kappa shape index (κ1) is 17.1. The normalized spacial score (nSPS) is 34.0. The third-order valence-corrected chi connectivity index (χ3v) is 6.60.